The molecule has 0 bridgehead atoms. The third-order valence-electron chi connectivity index (χ3n) is 4.62. The van der Waals surface area contributed by atoms with Gasteiger partial charge in [-0.1, -0.05) is 26.7 Å². The molecular weight excluding hydrogens is 230 g/mol. The van der Waals surface area contributed by atoms with Crippen LogP contribution in [0.1, 0.15) is 46.0 Å². The van der Waals surface area contributed by atoms with Gasteiger partial charge in [0, 0.05) is 26.1 Å². The van der Waals surface area contributed by atoms with Crippen LogP contribution in [0.4, 0.5) is 0 Å². The molecule has 0 amide bonds. The second kappa shape index (κ2) is 5.17. The SMILES string of the molecule is CCCC1(CCC)CN(C2(C(=O)O)CCOC2)C1. The second-order valence-corrected chi connectivity index (χ2v) is 6.00. The molecule has 1 unspecified atom stereocenters. The van der Waals surface area contributed by atoms with Crippen LogP contribution in [0, 0.1) is 5.41 Å². The van der Waals surface area contributed by atoms with Crippen LogP contribution in [-0.2, 0) is 9.53 Å². The quantitative estimate of drug-likeness (QED) is 0.790. The Labute approximate surface area is 109 Å². The summed E-state index contributed by atoms with van der Waals surface area (Å²) in [6.45, 7) is 7.24. The zero-order valence-electron chi connectivity index (χ0n) is 11.6. The van der Waals surface area contributed by atoms with Crippen molar-refractivity contribution in [2.24, 2.45) is 5.41 Å². The van der Waals surface area contributed by atoms with Gasteiger partial charge in [0.1, 0.15) is 5.54 Å². The lowest BCUT2D eigenvalue weighted by Gasteiger charge is -2.56. The molecule has 2 heterocycles. The monoisotopic (exact) mass is 255 g/mol. The number of aliphatic carboxylic acids is 1. The molecule has 0 spiro atoms. The number of carbonyl (C=O) groups is 1. The van der Waals surface area contributed by atoms with E-state index in [1.807, 2.05) is 0 Å². The van der Waals surface area contributed by atoms with Crippen LogP contribution in [0.15, 0.2) is 0 Å². The molecule has 104 valence electrons. The molecule has 0 aromatic rings. The summed E-state index contributed by atoms with van der Waals surface area (Å²) in [5.41, 5.74) is -0.362. The van der Waals surface area contributed by atoms with Crippen molar-refractivity contribution in [2.75, 3.05) is 26.3 Å². The number of rotatable bonds is 6. The van der Waals surface area contributed by atoms with Crippen molar-refractivity contribution >= 4 is 5.97 Å². The molecule has 2 fully saturated rings. The second-order valence-electron chi connectivity index (χ2n) is 6.00. The minimum Gasteiger partial charge on any atom is -0.480 e. The maximum Gasteiger partial charge on any atom is 0.326 e. The Kier molecular flexibility index (Phi) is 3.97. The van der Waals surface area contributed by atoms with Gasteiger partial charge in [0.2, 0.25) is 0 Å². The maximum absolute atomic E-state index is 11.6. The van der Waals surface area contributed by atoms with E-state index in [1.165, 1.54) is 25.7 Å². The van der Waals surface area contributed by atoms with E-state index in [0.29, 0.717) is 25.0 Å². The fraction of sp³-hybridized carbons (Fsp3) is 0.929. The van der Waals surface area contributed by atoms with Crippen molar-refractivity contribution in [3.8, 4) is 0 Å². The van der Waals surface area contributed by atoms with Gasteiger partial charge in [-0.05, 0) is 18.3 Å². The Morgan fingerprint density at radius 1 is 1.28 bits per heavy atom. The highest BCUT2D eigenvalue weighted by atomic mass is 16.5. The normalized spacial score (nSPS) is 31.2. The summed E-state index contributed by atoms with van der Waals surface area (Å²) >= 11 is 0. The van der Waals surface area contributed by atoms with E-state index in [9.17, 15) is 9.90 Å². The minimum atomic E-state index is -0.731. The molecule has 2 aliphatic rings. The zero-order chi connectivity index (χ0) is 13.2. The molecule has 2 aliphatic heterocycles. The van der Waals surface area contributed by atoms with Gasteiger partial charge in [-0.2, -0.15) is 0 Å². The van der Waals surface area contributed by atoms with E-state index in [4.69, 9.17) is 4.74 Å². The number of likely N-dealkylation sites (tertiary alicyclic amines) is 1. The van der Waals surface area contributed by atoms with Crippen molar-refractivity contribution in [3.05, 3.63) is 0 Å². The summed E-state index contributed by atoms with van der Waals surface area (Å²) in [7, 11) is 0. The van der Waals surface area contributed by atoms with Gasteiger partial charge in [0.05, 0.1) is 6.61 Å². The van der Waals surface area contributed by atoms with Crippen molar-refractivity contribution in [2.45, 2.75) is 51.5 Å². The number of hydrogen-bond acceptors (Lipinski definition) is 3. The first-order valence-corrected chi connectivity index (χ1v) is 7.15. The van der Waals surface area contributed by atoms with E-state index in [1.54, 1.807) is 0 Å². The Morgan fingerprint density at radius 3 is 2.28 bits per heavy atom. The van der Waals surface area contributed by atoms with Crippen LogP contribution in [-0.4, -0.2) is 47.8 Å². The number of nitrogens with zero attached hydrogens (tertiary/aromatic N) is 1. The Hall–Kier alpha value is -0.610. The first kappa shape index (κ1) is 13.8. The third kappa shape index (κ3) is 2.16. The van der Waals surface area contributed by atoms with Crippen molar-refractivity contribution in [3.63, 3.8) is 0 Å². The Balaban J connectivity index is 2.03. The topological polar surface area (TPSA) is 49.8 Å². The summed E-state index contributed by atoms with van der Waals surface area (Å²) in [6.07, 6.45) is 5.44. The van der Waals surface area contributed by atoms with Crippen molar-refractivity contribution < 1.29 is 14.6 Å². The van der Waals surface area contributed by atoms with Gasteiger partial charge in [0.15, 0.2) is 0 Å². The van der Waals surface area contributed by atoms with Crippen molar-refractivity contribution in [1.82, 2.24) is 4.90 Å². The van der Waals surface area contributed by atoms with Crippen LogP contribution in [0.3, 0.4) is 0 Å². The van der Waals surface area contributed by atoms with Crippen molar-refractivity contribution in [1.29, 1.82) is 0 Å². The van der Waals surface area contributed by atoms with Gasteiger partial charge in [0.25, 0.3) is 0 Å². The van der Waals surface area contributed by atoms with Gasteiger partial charge in [-0.25, -0.2) is 0 Å². The van der Waals surface area contributed by atoms with E-state index >= 15 is 0 Å². The predicted molar refractivity (Wildman–Crippen MR) is 69.6 cm³/mol. The highest BCUT2D eigenvalue weighted by Crippen LogP contribution is 2.45. The van der Waals surface area contributed by atoms with E-state index in [2.05, 4.69) is 18.7 Å². The number of carboxylic acids is 1. The molecule has 0 aromatic carbocycles. The fourth-order valence-corrected chi connectivity index (χ4v) is 3.68. The van der Waals surface area contributed by atoms with Crippen LogP contribution >= 0.6 is 0 Å². The Bertz CT molecular complexity index is 296. The summed E-state index contributed by atoms with van der Waals surface area (Å²) in [6, 6.07) is 0. The van der Waals surface area contributed by atoms with Crippen LogP contribution in [0.2, 0.25) is 0 Å². The highest BCUT2D eigenvalue weighted by molar-refractivity contribution is 5.79. The smallest absolute Gasteiger partial charge is 0.326 e. The third-order valence-corrected chi connectivity index (χ3v) is 4.62. The number of hydrogen-bond donors (Lipinski definition) is 1. The molecule has 4 heteroatoms. The largest absolute Gasteiger partial charge is 0.480 e. The van der Waals surface area contributed by atoms with Crippen LogP contribution in [0.25, 0.3) is 0 Å². The van der Waals surface area contributed by atoms with Crippen LogP contribution < -0.4 is 0 Å². The molecule has 4 nitrogen and oxygen atoms in total. The molecule has 18 heavy (non-hydrogen) atoms. The average molecular weight is 255 g/mol. The first-order valence-electron chi connectivity index (χ1n) is 7.15. The lowest BCUT2D eigenvalue weighted by atomic mass is 9.70. The molecule has 1 atom stereocenters. The van der Waals surface area contributed by atoms with Gasteiger partial charge < -0.3 is 9.84 Å². The summed E-state index contributed by atoms with van der Waals surface area (Å²) < 4.78 is 5.34. The van der Waals surface area contributed by atoms with E-state index in [0.717, 1.165) is 13.1 Å². The molecule has 0 saturated carbocycles. The fourth-order valence-electron chi connectivity index (χ4n) is 3.68. The molecule has 0 aromatic heterocycles. The zero-order valence-corrected chi connectivity index (χ0v) is 11.6. The minimum absolute atomic E-state index is 0.358. The lowest BCUT2D eigenvalue weighted by molar-refractivity contribution is -0.164. The molecule has 0 radical (unpaired) electrons. The van der Waals surface area contributed by atoms with Gasteiger partial charge >= 0.3 is 5.97 Å². The van der Waals surface area contributed by atoms with Gasteiger partial charge in [-0.3, -0.25) is 9.69 Å². The summed E-state index contributed by atoms with van der Waals surface area (Å²) in [4.78, 5) is 13.7. The summed E-state index contributed by atoms with van der Waals surface area (Å²) in [5, 5.41) is 9.51. The van der Waals surface area contributed by atoms with Crippen LogP contribution in [0.5, 0.6) is 0 Å². The standard InChI is InChI=1S/C14H25NO3/c1-3-5-13(6-4-2)9-15(10-13)14(12(16)17)7-8-18-11-14/h3-11H2,1-2H3,(H,16,17). The maximum atomic E-state index is 11.6. The Morgan fingerprint density at radius 2 is 1.89 bits per heavy atom. The summed E-state index contributed by atoms with van der Waals surface area (Å²) in [5.74, 6) is -0.707. The number of ether oxygens (including phenoxy) is 1. The predicted octanol–water partition coefficient (Wildman–Crippen LogP) is 2.13. The van der Waals surface area contributed by atoms with Gasteiger partial charge in [-0.15, -0.1) is 0 Å². The molecule has 1 N–H and O–H groups in total. The van der Waals surface area contributed by atoms with E-state index < -0.39 is 11.5 Å². The lowest BCUT2D eigenvalue weighted by Crippen LogP contribution is -2.68. The molecule has 2 saturated heterocycles. The molecular formula is C14H25NO3. The average Bonchev–Trinajstić information content (AvgIpc) is 2.75. The molecule has 2 rings (SSSR count). The first-order chi connectivity index (χ1) is 8.58. The number of carboxylic acid groups (broad SMARTS) is 1. The molecule has 0 aliphatic carbocycles. The highest BCUT2D eigenvalue weighted by Gasteiger charge is 2.55. The van der Waals surface area contributed by atoms with E-state index in [-0.39, 0.29) is 0 Å².